The number of benzene rings is 4. The van der Waals surface area contributed by atoms with Crippen molar-refractivity contribution in [1.82, 2.24) is 4.48 Å². The van der Waals surface area contributed by atoms with E-state index in [0.717, 1.165) is 50.7 Å². The lowest BCUT2D eigenvalue weighted by atomic mass is 9.70. The van der Waals surface area contributed by atoms with Crippen LogP contribution >= 0.6 is 0 Å². The number of rotatable bonds is 4. The third-order valence-electron chi connectivity index (χ3n) is 7.90. The highest BCUT2D eigenvalue weighted by Crippen LogP contribution is 2.42. The largest absolute Gasteiger partial charge is 0.537 e. The van der Waals surface area contributed by atoms with Crippen LogP contribution in [0.5, 0.6) is 11.5 Å². The predicted octanol–water partition coefficient (Wildman–Crippen LogP) is 7.24. The molecule has 0 radical (unpaired) electrons. The van der Waals surface area contributed by atoms with E-state index in [-0.39, 0.29) is 12.8 Å². The molecule has 4 aromatic carbocycles. The van der Waals surface area contributed by atoms with Crippen LogP contribution < -0.4 is 10.1 Å². The van der Waals surface area contributed by atoms with E-state index in [4.69, 9.17) is 9.65 Å². The summed E-state index contributed by atoms with van der Waals surface area (Å²) in [7, 11) is -0.347. The van der Waals surface area contributed by atoms with E-state index < -0.39 is 0 Å². The number of aliphatic imine (C=N–C) groups is 1. The highest BCUT2D eigenvalue weighted by atomic mass is 16.4. The number of phenolic OH excluding ortho intramolecular Hbond substituents is 1. The predicted molar refractivity (Wildman–Crippen MR) is 168 cm³/mol. The molecule has 41 heavy (non-hydrogen) atoms. The van der Waals surface area contributed by atoms with Crippen molar-refractivity contribution < 1.29 is 9.76 Å². The van der Waals surface area contributed by atoms with Gasteiger partial charge in [-0.25, -0.2) is 4.99 Å². The lowest BCUT2D eigenvalue weighted by molar-refractivity contribution is 0.474. The van der Waals surface area contributed by atoms with E-state index >= 15 is 0 Å². The number of hydrogen-bond donors (Lipinski definition) is 1. The number of nitrogens with zero attached hydrogens (tertiary/aromatic N) is 2. The Morgan fingerprint density at radius 1 is 0.756 bits per heavy atom. The zero-order chi connectivity index (χ0) is 28.1. The Bertz CT molecular complexity index is 1890. The van der Waals surface area contributed by atoms with Crippen LogP contribution in [-0.4, -0.2) is 22.3 Å². The highest BCUT2D eigenvalue weighted by molar-refractivity contribution is 6.67. The van der Waals surface area contributed by atoms with Gasteiger partial charge in [-0.15, -0.1) is 0 Å². The molecule has 2 aliphatic heterocycles. The summed E-state index contributed by atoms with van der Waals surface area (Å²) in [5, 5.41) is 10.6. The first-order chi connectivity index (χ1) is 20.0. The van der Waals surface area contributed by atoms with Crippen LogP contribution in [0.25, 0.3) is 16.8 Å². The van der Waals surface area contributed by atoms with E-state index in [1.54, 1.807) is 6.07 Å². The van der Waals surface area contributed by atoms with Gasteiger partial charge >= 0.3 is 7.05 Å². The molecule has 0 spiro atoms. The highest BCUT2D eigenvalue weighted by Gasteiger charge is 2.36. The first-order valence-electron chi connectivity index (χ1n) is 13.9. The maximum absolute atomic E-state index is 10.6. The average Bonchev–Trinajstić information content (AvgIpc) is 3.64. The number of para-hydroxylation sites is 2. The molecule has 5 aromatic rings. The molecular weight excluding hydrogens is 503 g/mol. The van der Waals surface area contributed by atoms with Gasteiger partial charge in [0.1, 0.15) is 11.5 Å². The number of fused-ring (bicyclic) bond motifs is 3. The number of hydrogen-bond acceptors (Lipinski definition) is 3. The van der Waals surface area contributed by atoms with Gasteiger partial charge in [-0.3, -0.25) is 0 Å². The first kappa shape index (κ1) is 25.0. The van der Waals surface area contributed by atoms with Crippen LogP contribution in [0.3, 0.4) is 0 Å². The van der Waals surface area contributed by atoms with Gasteiger partial charge in [-0.05, 0) is 91.5 Å². The topological polar surface area (TPSA) is 46.8 Å². The van der Waals surface area contributed by atoms with E-state index in [1.165, 1.54) is 16.7 Å². The fraction of sp³-hybridized carbons (Fsp3) is 0.0833. The van der Waals surface area contributed by atoms with Gasteiger partial charge in [0.05, 0.1) is 11.4 Å². The molecule has 1 N–H and O–H groups in total. The Morgan fingerprint density at radius 2 is 1.44 bits per heavy atom. The molecule has 0 amide bonds. The van der Waals surface area contributed by atoms with Gasteiger partial charge < -0.3 is 14.2 Å². The quantitative estimate of drug-likeness (QED) is 0.248. The molecule has 2 aliphatic rings. The summed E-state index contributed by atoms with van der Waals surface area (Å²) >= 11 is 0. The Hall–Kier alpha value is -5.03. The fourth-order valence-electron chi connectivity index (χ4n) is 6.22. The van der Waals surface area contributed by atoms with E-state index in [9.17, 15) is 5.11 Å². The fourth-order valence-corrected chi connectivity index (χ4v) is 6.22. The van der Waals surface area contributed by atoms with Crippen LogP contribution in [0.1, 0.15) is 33.5 Å². The first-order valence-corrected chi connectivity index (χ1v) is 13.9. The Kier molecular flexibility index (Phi) is 6.01. The average molecular weight is 532 g/mol. The minimum atomic E-state index is -0.347. The van der Waals surface area contributed by atoms with Crippen molar-refractivity contribution >= 4 is 23.8 Å². The smallest absolute Gasteiger partial charge is 0.524 e. The van der Waals surface area contributed by atoms with E-state index in [0.29, 0.717) is 5.56 Å². The molecule has 7 rings (SSSR count). The molecule has 0 aliphatic carbocycles. The summed E-state index contributed by atoms with van der Waals surface area (Å²) in [5.74, 6) is 1.09. The second-order valence-corrected chi connectivity index (χ2v) is 10.7. The molecule has 0 saturated carbocycles. The van der Waals surface area contributed by atoms with Gasteiger partial charge in [0.25, 0.3) is 0 Å². The molecule has 0 atom stereocenters. The molecule has 4 nitrogen and oxygen atoms in total. The van der Waals surface area contributed by atoms with Crippen LogP contribution in [0, 0.1) is 20.8 Å². The maximum Gasteiger partial charge on any atom is 0.524 e. The van der Waals surface area contributed by atoms with Crippen LogP contribution in [0.4, 0.5) is 0 Å². The summed E-state index contributed by atoms with van der Waals surface area (Å²) < 4.78 is 9.04. The van der Waals surface area contributed by atoms with Crippen LogP contribution in [-0.2, 0) is 0 Å². The summed E-state index contributed by atoms with van der Waals surface area (Å²) in [6, 6.07) is 34.8. The lowest BCUT2D eigenvalue weighted by Crippen LogP contribution is -2.46. The standard InChI is InChI=1S/C36H29BN2O2/c1-23-21-24(2)35(25(3)22-23)36(30-18-17-29(38-30)27-13-7-9-15-33(27)40)32-20-19-31-28-14-8-10-16-34(28)41-37(39(31)32)26-11-5-4-6-12-26/h4-22,40H,1-3H3/b36-30+. The van der Waals surface area contributed by atoms with Crippen molar-refractivity contribution in [3.63, 3.8) is 0 Å². The van der Waals surface area contributed by atoms with Crippen molar-refractivity contribution in [3.8, 4) is 22.8 Å². The molecule has 5 heteroatoms. The van der Waals surface area contributed by atoms with Gasteiger partial charge in [-0.2, -0.15) is 0 Å². The molecule has 0 unspecified atom stereocenters. The zero-order valence-electron chi connectivity index (χ0n) is 23.3. The molecule has 0 fully saturated rings. The SMILES string of the molecule is Cc1cc(C)c(/C(=C2\C=CC(c3ccccc3O)=N2)c2ccc3n2B(c2ccccc2)Oc2ccccc2-3)c(C)c1. The molecule has 198 valence electrons. The Balaban J connectivity index is 1.53. The zero-order valence-corrected chi connectivity index (χ0v) is 23.3. The summed E-state index contributed by atoms with van der Waals surface area (Å²) in [5.41, 5.74) is 12.4. The van der Waals surface area contributed by atoms with Gasteiger partial charge in [0, 0.05) is 28.1 Å². The van der Waals surface area contributed by atoms with Gasteiger partial charge in [0.15, 0.2) is 0 Å². The monoisotopic (exact) mass is 532 g/mol. The van der Waals surface area contributed by atoms with Crippen LogP contribution in [0.15, 0.2) is 126 Å². The molecule has 0 bridgehead atoms. The van der Waals surface area contributed by atoms with Crippen molar-refractivity contribution in [2.45, 2.75) is 20.8 Å². The Labute approximate surface area is 240 Å². The Morgan fingerprint density at radius 3 is 2.20 bits per heavy atom. The number of allylic oxidation sites excluding steroid dienone is 2. The van der Waals surface area contributed by atoms with Crippen molar-refractivity contribution in [1.29, 1.82) is 0 Å². The number of aromatic hydroxyl groups is 1. The second kappa shape index (κ2) is 9.86. The molecule has 1 aromatic heterocycles. The molecule has 3 heterocycles. The maximum atomic E-state index is 10.6. The van der Waals surface area contributed by atoms with Crippen molar-refractivity contribution in [2.75, 3.05) is 0 Å². The second-order valence-electron chi connectivity index (χ2n) is 10.7. The molecule has 0 saturated heterocycles. The lowest BCUT2D eigenvalue weighted by Gasteiger charge is -2.29. The van der Waals surface area contributed by atoms with E-state index in [2.05, 4.69) is 92.0 Å². The number of aromatic nitrogens is 1. The third-order valence-corrected chi connectivity index (χ3v) is 7.90. The van der Waals surface area contributed by atoms with E-state index in [1.807, 2.05) is 42.5 Å². The third kappa shape index (κ3) is 4.22. The van der Waals surface area contributed by atoms with Crippen LogP contribution in [0.2, 0.25) is 0 Å². The summed E-state index contributed by atoms with van der Waals surface area (Å²) in [4.78, 5) is 5.12. The minimum absolute atomic E-state index is 0.218. The van der Waals surface area contributed by atoms with Gasteiger partial charge in [-0.1, -0.05) is 72.3 Å². The molecular formula is C36H29BN2O2. The normalized spacial score (nSPS) is 14.8. The van der Waals surface area contributed by atoms with Crippen molar-refractivity contribution in [3.05, 3.63) is 154 Å². The minimum Gasteiger partial charge on any atom is -0.537 e. The number of aryl methyl sites for hydroxylation is 3. The van der Waals surface area contributed by atoms with Crippen molar-refractivity contribution in [2.24, 2.45) is 4.99 Å². The summed E-state index contributed by atoms with van der Waals surface area (Å²) in [6.07, 6.45) is 4.05. The summed E-state index contributed by atoms with van der Waals surface area (Å²) in [6.45, 7) is 6.47. The number of phenols is 1. The van der Waals surface area contributed by atoms with Gasteiger partial charge in [0.2, 0.25) is 0 Å².